The second kappa shape index (κ2) is 6.82. The Labute approximate surface area is 127 Å². The Morgan fingerprint density at radius 2 is 1.80 bits per heavy atom. The molecular weight excluding hydrogens is 302 g/mol. The highest BCUT2D eigenvalue weighted by molar-refractivity contribution is 6.32. The molecule has 0 aliphatic rings. The first kappa shape index (κ1) is 14.9. The first-order valence-corrected chi connectivity index (χ1v) is 6.86. The van der Waals surface area contributed by atoms with Crippen molar-refractivity contribution in [3.8, 4) is 11.5 Å². The van der Waals surface area contributed by atoms with Crippen LogP contribution in [0.3, 0.4) is 0 Å². The van der Waals surface area contributed by atoms with Gasteiger partial charge in [0.25, 0.3) is 0 Å². The van der Waals surface area contributed by atoms with E-state index in [0.29, 0.717) is 16.3 Å². The minimum Gasteiger partial charge on any atom is -0.494 e. The summed E-state index contributed by atoms with van der Waals surface area (Å²) in [6.45, 7) is 0.0522. The normalized spacial score (nSPS) is 10.4. The standard InChI is InChI=1S/C15H13Cl2FO2/c1-19-13-7-3-5-11(14(13)18)9-20-15-10(8-16)4-2-6-12(15)17/h2-7H,8-9H2,1H3. The second-order valence-electron chi connectivity index (χ2n) is 4.08. The van der Waals surface area contributed by atoms with E-state index in [4.69, 9.17) is 32.7 Å². The van der Waals surface area contributed by atoms with Crippen molar-refractivity contribution in [1.82, 2.24) is 0 Å². The lowest BCUT2D eigenvalue weighted by molar-refractivity contribution is 0.294. The van der Waals surface area contributed by atoms with Crippen molar-refractivity contribution >= 4 is 23.2 Å². The largest absolute Gasteiger partial charge is 0.494 e. The third-order valence-corrected chi connectivity index (χ3v) is 3.41. The van der Waals surface area contributed by atoms with E-state index in [1.807, 2.05) is 6.07 Å². The van der Waals surface area contributed by atoms with Crippen LogP contribution in [0.5, 0.6) is 11.5 Å². The molecule has 0 spiro atoms. The summed E-state index contributed by atoms with van der Waals surface area (Å²) in [5.41, 5.74) is 1.16. The fourth-order valence-electron chi connectivity index (χ4n) is 1.80. The van der Waals surface area contributed by atoms with Gasteiger partial charge in [-0.15, -0.1) is 11.6 Å². The highest BCUT2D eigenvalue weighted by Gasteiger charge is 2.12. The Kier molecular flexibility index (Phi) is 5.10. The van der Waals surface area contributed by atoms with Crippen molar-refractivity contribution < 1.29 is 13.9 Å². The fourth-order valence-corrected chi connectivity index (χ4v) is 2.25. The number of halogens is 3. The van der Waals surface area contributed by atoms with Gasteiger partial charge in [0.15, 0.2) is 11.6 Å². The van der Waals surface area contributed by atoms with Gasteiger partial charge in [-0.05, 0) is 12.1 Å². The van der Waals surface area contributed by atoms with Gasteiger partial charge in [-0.2, -0.15) is 0 Å². The molecule has 0 radical (unpaired) electrons. The predicted octanol–water partition coefficient (Wildman–Crippen LogP) is 4.81. The molecule has 0 fully saturated rings. The van der Waals surface area contributed by atoms with E-state index in [-0.39, 0.29) is 18.2 Å². The highest BCUT2D eigenvalue weighted by atomic mass is 35.5. The van der Waals surface area contributed by atoms with Crippen molar-refractivity contribution in [2.75, 3.05) is 7.11 Å². The monoisotopic (exact) mass is 314 g/mol. The van der Waals surface area contributed by atoms with Crippen LogP contribution in [0.1, 0.15) is 11.1 Å². The van der Waals surface area contributed by atoms with E-state index >= 15 is 0 Å². The van der Waals surface area contributed by atoms with E-state index in [1.165, 1.54) is 7.11 Å². The van der Waals surface area contributed by atoms with Crippen LogP contribution < -0.4 is 9.47 Å². The molecule has 0 bridgehead atoms. The zero-order valence-electron chi connectivity index (χ0n) is 10.8. The van der Waals surface area contributed by atoms with Crippen molar-refractivity contribution in [2.24, 2.45) is 0 Å². The number of alkyl halides is 1. The van der Waals surface area contributed by atoms with Gasteiger partial charge in [0, 0.05) is 11.1 Å². The molecule has 0 aliphatic carbocycles. The zero-order valence-corrected chi connectivity index (χ0v) is 12.3. The van der Waals surface area contributed by atoms with Crippen molar-refractivity contribution in [3.05, 3.63) is 58.4 Å². The van der Waals surface area contributed by atoms with Crippen LogP contribution in [0.4, 0.5) is 4.39 Å². The number of para-hydroxylation sites is 1. The van der Waals surface area contributed by atoms with Crippen LogP contribution >= 0.6 is 23.2 Å². The summed E-state index contributed by atoms with van der Waals surface area (Å²) in [5, 5.41) is 0.450. The summed E-state index contributed by atoms with van der Waals surface area (Å²) in [6.07, 6.45) is 0. The molecule has 0 N–H and O–H groups in total. The molecule has 0 saturated heterocycles. The molecule has 0 aromatic heterocycles. The zero-order chi connectivity index (χ0) is 14.5. The van der Waals surface area contributed by atoms with Crippen LogP contribution in [-0.4, -0.2) is 7.11 Å². The van der Waals surface area contributed by atoms with Crippen molar-refractivity contribution in [2.45, 2.75) is 12.5 Å². The van der Waals surface area contributed by atoms with Gasteiger partial charge in [-0.25, -0.2) is 4.39 Å². The molecule has 0 heterocycles. The average molecular weight is 315 g/mol. The van der Waals surface area contributed by atoms with Gasteiger partial charge in [-0.1, -0.05) is 35.9 Å². The molecular formula is C15H13Cl2FO2. The molecule has 0 amide bonds. The van der Waals surface area contributed by atoms with E-state index in [9.17, 15) is 4.39 Å². The van der Waals surface area contributed by atoms with E-state index in [2.05, 4.69) is 0 Å². The van der Waals surface area contributed by atoms with Crippen molar-refractivity contribution in [1.29, 1.82) is 0 Å². The third kappa shape index (κ3) is 3.17. The summed E-state index contributed by atoms with van der Waals surface area (Å²) in [4.78, 5) is 0. The molecule has 0 atom stereocenters. The van der Waals surface area contributed by atoms with Gasteiger partial charge in [-0.3, -0.25) is 0 Å². The lowest BCUT2D eigenvalue weighted by Crippen LogP contribution is -2.02. The number of ether oxygens (including phenoxy) is 2. The molecule has 2 aromatic carbocycles. The van der Waals surface area contributed by atoms with E-state index in [1.54, 1.807) is 30.3 Å². The van der Waals surface area contributed by atoms with Gasteiger partial charge in [0.1, 0.15) is 12.4 Å². The molecule has 5 heteroatoms. The predicted molar refractivity (Wildman–Crippen MR) is 78.3 cm³/mol. The quantitative estimate of drug-likeness (QED) is 0.738. The Balaban J connectivity index is 2.21. The SMILES string of the molecule is COc1cccc(COc2c(Cl)cccc2CCl)c1F. The lowest BCUT2D eigenvalue weighted by Gasteiger charge is -2.13. The maximum absolute atomic E-state index is 14.0. The van der Waals surface area contributed by atoms with Crippen molar-refractivity contribution in [3.63, 3.8) is 0 Å². The third-order valence-electron chi connectivity index (χ3n) is 2.83. The number of hydrogen-bond acceptors (Lipinski definition) is 2. The molecule has 2 rings (SSSR count). The molecule has 2 nitrogen and oxygen atoms in total. The van der Waals surface area contributed by atoms with Crippen LogP contribution in [0.25, 0.3) is 0 Å². The fraction of sp³-hybridized carbons (Fsp3) is 0.200. The number of methoxy groups -OCH3 is 1. The number of hydrogen-bond donors (Lipinski definition) is 0. The topological polar surface area (TPSA) is 18.5 Å². The number of rotatable bonds is 5. The molecule has 0 saturated carbocycles. The minimum absolute atomic E-state index is 0.0522. The minimum atomic E-state index is -0.436. The van der Waals surface area contributed by atoms with Crippen LogP contribution in [0.2, 0.25) is 5.02 Å². The van der Waals surface area contributed by atoms with Gasteiger partial charge in [0.05, 0.1) is 18.0 Å². The summed E-state index contributed by atoms with van der Waals surface area (Å²) in [7, 11) is 1.42. The van der Waals surface area contributed by atoms with E-state index in [0.717, 1.165) is 5.56 Å². The molecule has 106 valence electrons. The summed E-state index contributed by atoms with van der Waals surface area (Å²) >= 11 is 11.9. The van der Waals surface area contributed by atoms with Crippen LogP contribution in [-0.2, 0) is 12.5 Å². The van der Waals surface area contributed by atoms with Crippen LogP contribution in [0, 0.1) is 5.82 Å². The molecule has 2 aromatic rings. The highest BCUT2D eigenvalue weighted by Crippen LogP contribution is 2.31. The summed E-state index contributed by atoms with van der Waals surface area (Å²) < 4.78 is 24.5. The average Bonchev–Trinajstić information content (AvgIpc) is 2.47. The molecule has 20 heavy (non-hydrogen) atoms. The van der Waals surface area contributed by atoms with Gasteiger partial charge < -0.3 is 9.47 Å². The second-order valence-corrected chi connectivity index (χ2v) is 4.76. The summed E-state index contributed by atoms with van der Waals surface area (Å²) in [6, 6.07) is 10.2. The van der Waals surface area contributed by atoms with E-state index < -0.39 is 5.82 Å². The van der Waals surface area contributed by atoms with Gasteiger partial charge >= 0.3 is 0 Å². The Morgan fingerprint density at radius 3 is 2.50 bits per heavy atom. The smallest absolute Gasteiger partial charge is 0.171 e. The molecule has 0 unspecified atom stereocenters. The maximum Gasteiger partial charge on any atom is 0.171 e. The molecule has 0 aliphatic heterocycles. The lowest BCUT2D eigenvalue weighted by atomic mass is 10.2. The maximum atomic E-state index is 14.0. The van der Waals surface area contributed by atoms with Gasteiger partial charge in [0.2, 0.25) is 0 Å². The Bertz CT molecular complexity index is 602. The Hall–Kier alpha value is -1.45. The Morgan fingerprint density at radius 1 is 1.10 bits per heavy atom. The first-order chi connectivity index (χ1) is 9.67. The van der Waals surface area contributed by atoms with Crippen LogP contribution in [0.15, 0.2) is 36.4 Å². The summed E-state index contributed by atoms with van der Waals surface area (Å²) in [5.74, 6) is 0.500. The number of benzene rings is 2. The first-order valence-electron chi connectivity index (χ1n) is 5.95.